The van der Waals surface area contributed by atoms with Gasteiger partial charge in [-0.2, -0.15) is 4.98 Å². The number of ether oxygens (including phenoxy) is 1. The molecule has 0 amide bonds. The molecule has 0 fully saturated rings. The second-order valence-corrected chi connectivity index (χ2v) is 11.4. The monoisotopic (exact) mass is 563 g/mol. The van der Waals surface area contributed by atoms with E-state index in [1.807, 2.05) is 24.4 Å². The lowest BCUT2D eigenvalue weighted by Crippen LogP contribution is -2.31. The van der Waals surface area contributed by atoms with E-state index in [0.29, 0.717) is 12.5 Å². The van der Waals surface area contributed by atoms with Crippen LogP contribution in [0.2, 0.25) is 0 Å². The summed E-state index contributed by atoms with van der Waals surface area (Å²) >= 11 is 0. The first-order valence-corrected chi connectivity index (χ1v) is 14.8. The molecular weight excluding hydrogens is 525 g/mol. The smallest absolute Gasteiger partial charge is 0.240 e. The molecule has 6 rings (SSSR count). The highest BCUT2D eigenvalue weighted by Crippen LogP contribution is 2.38. The third-order valence-corrected chi connectivity index (χ3v) is 8.82. The SMILES string of the molecule is CCC1C=CC(C)C(C)=C(C)C(Cc2ccc(F)cc2)=C1N1CCOc2ccc(-c3ccc4nc(N)nn4c3)cc2C1. The molecule has 6 nitrogen and oxygen atoms in total. The van der Waals surface area contributed by atoms with Gasteiger partial charge in [0, 0.05) is 35.5 Å². The molecular formula is C35H38FN5O. The van der Waals surface area contributed by atoms with E-state index in [1.54, 1.807) is 16.6 Å². The van der Waals surface area contributed by atoms with E-state index in [9.17, 15) is 4.39 Å². The molecule has 2 N–H and O–H groups in total. The summed E-state index contributed by atoms with van der Waals surface area (Å²) in [7, 11) is 0. The molecule has 2 aliphatic rings. The van der Waals surface area contributed by atoms with Crippen molar-refractivity contribution in [3.63, 3.8) is 0 Å². The summed E-state index contributed by atoms with van der Waals surface area (Å²) in [5.74, 6) is 1.59. The van der Waals surface area contributed by atoms with Crippen molar-refractivity contribution >= 4 is 11.6 Å². The zero-order valence-electron chi connectivity index (χ0n) is 24.8. The van der Waals surface area contributed by atoms with Gasteiger partial charge in [0.2, 0.25) is 5.95 Å². The Labute approximate surface area is 247 Å². The van der Waals surface area contributed by atoms with Gasteiger partial charge in [0.25, 0.3) is 0 Å². The van der Waals surface area contributed by atoms with E-state index in [4.69, 9.17) is 10.5 Å². The fraction of sp³-hybridized carbons (Fsp3) is 0.314. The third-order valence-electron chi connectivity index (χ3n) is 8.82. The van der Waals surface area contributed by atoms with Crippen LogP contribution in [0.25, 0.3) is 16.8 Å². The van der Waals surface area contributed by atoms with Gasteiger partial charge in [0.1, 0.15) is 18.2 Å². The molecule has 1 aliphatic heterocycles. The number of nitrogens with two attached hydrogens (primary N) is 1. The number of aromatic nitrogens is 3. The summed E-state index contributed by atoms with van der Waals surface area (Å²) in [6, 6.07) is 17.3. The van der Waals surface area contributed by atoms with Gasteiger partial charge in [0.05, 0.1) is 6.54 Å². The highest BCUT2D eigenvalue weighted by atomic mass is 19.1. The van der Waals surface area contributed by atoms with Crippen LogP contribution in [0.4, 0.5) is 10.3 Å². The van der Waals surface area contributed by atoms with Crippen molar-refractivity contribution in [2.24, 2.45) is 11.8 Å². The minimum atomic E-state index is -0.208. The fourth-order valence-electron chi connectivity index (χ4n) is 6.17. The van der Waals surface area contributed by atoms with Crippen molar-refractivity contribution in [3.05, 3.63) is 112 Å². The molecule has 2 aromatic carbocycles. The van der Waals surface area contributed by atoms with Crippen molar-refractivity contribution in [2.75, 3.05) is 18.9 Å². The summed E-state index contributed by atoms with van der Waals surface area (Å²) in [6.07, 6.45) is 8.45. The Balaban J connectivity index is 1.44. The van der Waals surface area contributed by atoms with Gasteiger partial charge in [0.15, 0.2) is 5.65 Å². The Hall–Kier alpha value is -4.39. The number of hydrogen-bond acceptors (Lipinski definition) is 5. The summed E-state index contributed by atoms with van der Waals surface area (Å²) in [5.41, 5.74) is 16.3. The Morgan fingerprint density at radius 1 is 1.02 bits per heavy atom. The third kappa shape index (κ3) is 5.43. The summed E-state index contributed by atoms with van der Waals surface area (Å²) < 4.78 is 21.8. The Morgan fingerprint density at radius 3 is 2.60 bits per heavy atom. The van der Waals surface area contributed by atoms with Crippen LogP contribution in [-0.4, -0.2) is 32.6 Å². The number of fused-ring (bicyclic) bond motifs is 2. The highest BCUT2D eigenvalue weighted by molar-refractivity contribution is 5.67. The van der Waals surface area contributed by atoms with Gasteiger partial charge in [-0.1, -0.05) is 49.8 Å². The lowest BCUT2D eigenvalue weighted by atomic mass is 9.82. The molecule has 216 valence electrons. The van der Waals surface area contributed by atoms with Crippen molar-refractivity contribution in [1.29, 1.82) is 0 Å². The number of hydrogen-bond donors (Lipinski definition) is 1. The maximum absolute atomic E-state index is 13.8. The second-order valence-electron chi connectivity index (χ2n) is 11.4. The first-order chi connectivity index (χ1) is 20.3. The number of pyridine rings is 1. The van der Waals surface area contributed by atoms with Crippen LogP contribution in [-0.2, 0) is 13.0 Å². The molecule has 2 atom stereocenters. The Kier molecular flexibility index (Phi) is 7.58. The average Bonchev–Trinajstić information content (AvgIpc) is 3.24. The summed E-state index contributed by atoms with van der Waals surface area (Å²) in [4.78, 5) is 6.76. The minimum Gasteiger partial charge on any atom is -0.491 e. The molecule has 42 heavy (non-hydrogen) atoms. The van der Waals surface area contributed by atoms with Crippen LogP contribution >= 0.6 is 0 Å². The zero-order valence-corrected chi connectivity index (χ0v) is 24.8. The molecule has 3 heterocycles. The molecule has 1 aliphatic carbocycles. The van der Waals surface area contributed by atoms with E-state index in [1.165, 1.54) is 22.4 Å². The Bertz CT molecular complexity index is 1720. The van der Waals surface area contributed by atoms with Gasteiger partial charge in [-0.15, -0.1) is 5.10 Å². The number of anilines is 1. The van der Waals surface area contributed by atoms with E-state index >= 15 is 0 Å². The lowest BCUT2D eigenvalue weighted by molar-refractivity contribution is 0.248. The van der Waals surface area contributed by atoms with Crippen LogP contribution in [0.15, 0.2) is 95.4 Å². The molecule has 4 aromatic rings. The topological polar surface area (TPSA) is 68.7 Å². The molecule has 2 unspecified atom stereocenters. The van der Waals surface area contributed by atoms with Crippen molar-refractivity contribution in [2.45, 2.75) is 47.1 Å². The maximum atomic E-state index is 13.8. The standard InChI is InChI=1S/C35H38FN5O/c1-5-26-9-6-22(2)23(3)24(4)31(18-25-7-12-30(36)13-8-25)34(26)40-16-17-42-32-14-10-27(19-29(32)20-40)28-11-15-33-38-35(37)39-41(33)21-28/h6-15,19,21-22,26H,5,16-18,20H2,1-4H3,(H2,37,39). The van der Waals surface area contributed by atoms with E-state index < -0.39 is 0 Å². The van der Waals surface area contributed by atoms with E-state index in [2.05, 4.69) is 79.1 Å². The number of rotatable bonds is 5. The molecule has 0 bridgehead atoms. The molecule has 0 saturated heterocycles. The van der Waals surface area contributed by atoms with Crippen LogP contribution < -0.4 is 10.5 Å². The molecule has 7 heteroatoms. The normalized spacial score (nSPS) is 19.4. The first kappa shape index (κ1) is 27.8. The predicted molar refractivity (Wildman–Crippen MR) is 166 cm³/mol. The van der Waals surface area contributed by atoms with Gasteiger partial charge in [-0.3, -0.25) is 0 Å². The van der Waals surface area contributed by atoms with Crippen LogP contribution in [0.5, 0.6) is 5.75 Å². The fourth-order valence-corrected chi connectivity index (χ4v) is 6.17. The van der Waals surface area contributed by atoms with E-state index in [0.717, 1.165) is 59.6 Å². The minimum absolute atomic E-state index is 0.208. The van der Waals surface area contributed by atoms with Crippen molar-refractivity contribution in [3.8, 4) is 16.9 Å². The van der Waals surface area contributed by atoms with Gasteiger partial charge in [-0.25, -0.2) is 8.91 Å². The van der Waals surface area contributed by atoms with Crippen LogP contribution in [0.1, 0.15) is 45.2 Å². The quantitative estimate of drug-likeness (QED) is 0.257. The molecule has 0 saturated carbocycles. The van der Waals surface area contributed by atoms with Gasteiger partial charge in [-0.05, 0) is 91.3 Å². The Morgan fingerprint density at radius 2 is 1.81 bits per heavy atom. The number of nitrogen functional groups attached to an aromatic ring is 1. The average molecular weight is 564 g/mol. The van der Waals surface area contributed by atoms with Crippen LogP contribution in [0, 0.1) is 17.7 Å². The number of halogens is 1. The summed E-state index contributed by atoms with van der Waals surface area (Å²) in [5, 5.41) is 4.29. The van der Waals surface area contributed by atoms with Crippen molar-refractivity contribution < 1.29 is 9.13 Å². The van der Waals surface area contributed by atoms with Crippen LogP contribution in [0.3, 0.4) is 0 Å². The first-order valence-electron chi connectivity index (χ1n) is 14.8. The van der Waals surface area contributed by atoms with Crippen molar-refractivity contribution in [1.82, 2.24) is 19.5 Å². The predicted octanol–water partition coefficient (Wildman–Crippen LogP) is 7.38. The van der Waals surface area contributed by atoms with Gasteiger partial charge < -0.3 is 15.4 Å². The molecule has 2 aromatic heterocycles. The lowest BCUT2D eigenvalue weighted by Gasteiger charge is -2.35. The molecule has 0 spiro atoms. The van der Waals surface area contributed by atoms with Gasteiger partial charge >= 0.3 is 0 Å². The van der Waals surface area contributed by atoms with E-state index in [-0.39, 0.29) is 17.7 Å². The summed E-state index contributed by atoms with van der Waals surface area (Å²) in [6.45, 7) is 11.1. The largest absolute Gasteiger partial charge is 0.491 e. The second kappa shape index (κ2) is 11.5. The molecule has 0 radical (unpaired) electrons. The number of nitrogens with zero attached hydrogens (tertiary/aromatic N) is 4. The zero-order chi connectivity index (χ0) is 29.4. The number of allylic oxidation sites excluding steroid dienone is 5. The number of benzene rings is 2. The maximum Gasteiger partial charge on any atom is 0.240 e. The highest BCUT2D eigenvalue weighted by Gasteiger charge is 2.28.